The molecule has 4 rings (SSSR count). The molecule has 30 heavy (non-hydrogen) atoms. The third kappa shape index (κ3) is 4.38. The van der Waals surface area contributed by atoms with Gasteiger partial charge in [0.1, 0.15) is 5.71 Å². The first kappa shape index (κ1) is 20.5. The molecule has 2 N–H and O–H groups in total. The molecule has 0 unspecified atom stereocenters. The van der Waals surface area contributed by atoms with E-state index in [9.17, 15) is 13.2 Å². The van der Waals surface area contributed by atoms with Gasteiger partial charge in [0.25, 0.3) is 5.91 Å². The number of carbonyl (C=O) groups is 1. The van der Waals surface area contributed by atoms with Crippen molar-refractivity contribution in [1.29, 1.82) is 0 Å². The molecular formula is C21H23N3O5S. The van der Waals surface area contributed by atoms with E-state index in [1.807, 2.05) is 30.3 Å². The first-order valence-corrected chi connectivity index (χ1v) is 11.2. The number of amides is 1. The maximum atomic E-state index is 12.8. The van der Waals surface area contributed by atoms with Crippen LogP contribution in [0.25, 0.3) is 0 Å². The molecule has 1 fully saturated rings. The molecule has 9 heteroatoms. The van der Waals surface area contributed by atoms with Gasteiger partial charge in [0.15, 0.2) is 5.60 Å². The molecule has 158 valence electrons. The molecule has 1 saturated heterocycles. The van der Waals surface area contributed by atoms with Crippen molar-refractivity contribution in [2.75, 3.05) is 13.2 Å². The second-order valence-corrected chi connectivity index (χ2v) is 9.08. The average Bonchev–Trinajstić information content (AvgIpc) is 3.20. The van der Waals surface area contributed by atoms with Gasteiger partial charge >= 0.3 is 0 Å². The summed E-state index contributed by atoms with van der Waals surface area (Å²) in [6.45, 7) is 0.906. The molecule has 2 atom stereocenters. The highest BCUT2D eigenvalue weighted by molar-refractivity contribution is 7.89. The zero-order valence-electron chi connectivity index (χ0n) is 16.3. The Labute approximate surface area is 175 Å². The summed E-state index contributed by atoms with van der Waals surface area (Å²) in [7, 11) is -3.74. The number of nitrogens with zero attached hydrogens (tertiary/aromatic N) is 1. The molecule has 0 aliphatic carbocycles. The normalized spacial score (nSPS) is 23.6. The summed E-state index contributed by atoms with van der Waals surface area (Å²) in [6.07, 6.45) is 0.579. The van der Waals surface area contributed by atoms with Crippen LogP contribution in [0, 0.1) is 0 Å². The second kappa shape index (κ2) is 8.55. The van der Waals surface area contributed by atoms with Crippen LogP contribution in [0.15, 0.2) is 70.7 Å². The number of carbonyl (C=O) groups excluding carboxylic acids is 1. The average molecular weight is 429 g/mol. The highest BCUT2D eigenvalue weighted by Crippen LogP contribution is 2.33. The van der Waals surface area contributed by atoms with Crippen molar-refractivity contribution in [2.45, 2.75) is 35.9 Å². The molecule has 2 heterocycles. The Bertz CT molecular complexity index is 1030. The van der Waals surface area contributed by atoms with Crippen LogP contribution >= 0.6 is 0 Å². The number of hydrogen-bond donors (Lipinski definition) is 2. The van der Waals surface area contributed by atoms with E-state index < -0.39 is 21.7 Å². The van der Waals surface area contributed by atoms with E-state index in [0.29, 0.717) is 19.6 Å². The van der Waals surface area contributed by atoms with Crippen LogP contribution < -0.4 is 10.0 Å². The molecule has 2 aromatic carbocycles. The SMILES string of the molecule is O=C(NCc1ccccc1)C1=NO[C@]2(COCC[C@H]2NS(=O)(=O)c2ccccc2)C1. The van der Waals surface area contributed by atoms with Crippen LogP contribution in [0.1, 0.15) is 18.4 Å². The van der Waals surface area contributed by atoms with Gasteiger partial charge in [0.05, 0.1) is 17.5 Å². The Balaban J connectivity index is 1.43. The molecule has 1 amide bonds. The van der Waals surface area contributed by atoms with Crippen LogP contribution in [0.5, 0.6) is 0 Å². The van der Waals surface area contributed by atoms with Gasteiger partial charge in [0, 0.05) is 19.6 Å². The molecule has 0 aromatic heterocycles. The van der Waals surface area contributed by atoms with Crippen LogP contribution in [0.3, 0.4) is 0 Å². The fraction of sp³-hybridized carbons (Fsp3) is 0.333. The summed E-state index contributed by atoms with van der Waals surface area (Å²) < 4.78 is 33.9. The topological polar surface area (TPSA) is 106 Å². The highest BCUT2D eigenvalue weighted by atomic mass is 32.2. The zero-order chi connectivity index (χ0) is 21.0. The predicted molar refractivity (Wildman–Crippen MR) is 110 cm³/mol. The Morgan fingerprint density at radius 3 is 2.53 bits per heavy atom. The third-order valence-electron chi connectivity index (χ3n) is 5.25. The minimum absolute atomic E-state index is 0.147. The van der Waals surface area contributed by atoms with E-state index in [1.54, 1.807) is 18.2 Å². The smallest absolute Gasteiger partial charge is 0.269 e. The largest absolute Gasteiger partial charge is 0.384 e. The monoisotopic (exact) mass is 429 g/mol. The predicted octanol–water partition coefficient (Wildman–Crippen LogP) is 1.59. The highest BCUT2D eigenvalue weighted by Gasteiger charge is 2.51. The van der Waals surface area contributed by atoms with Crippen LogP contribution in [-0.4, -0.2) is 44.9 Å². The van der Waals surface area contributed by atoms with Gasteiger partial charge in [-0.2, -0.15) is 0 Å². The molecule has 8 nitrogen and oxygen atoms in total. The van der Waals surface area contributed by atoms with E-state index >= 15 is 0 Å². The lowest BCUT2D eigenvalue weighted by molar-refractivity contribution is -0.126. The van der Waals surface area contributed by atoms with E-state index in [-0.39, 0.29) is 29.5 Å². The van der Waals surface area contributed by atoms with Crippen LogP contribution in [0.2, 0.25) is 0 Å². The molecule has 0 bridgehead atoms. The molecule has 1 spiro atoms. The van der Waals surface area contributed by atoms with Gasteiger partial charge in [-0.1, -0.05) is 53.7 Å². The molecule has 2 aliphatic rings. The number of ether oxygens (including phenoxy) is 1. The minimum Gasteiger partial charge on any atom is -0.384 e. The number of hydrogen-bond acceptors (Lipinski definition) is 6. The van der Waals surface area contributed by atoms with Crippen LogP contribution in [-0.2, 0) is 30.9 Å². The Morgan fingerprint density at radius 1 is 1.10 bits per heavy atom. The molecule has 0 radical (unpaired) electrons. The van der Waals surface area contributed by atoms with Gasteiger partial charge < -0.3 is 14.9 Å². The van der Waals surface area contributed by atoms with Crippen molar-refractivity contribution in [3.63, 3.8) is 0 Å². The summed E-state index contributed by atoms with van der Waals surface area (Å²) in [6, 6.07) is 17.1. The van der Waals surface area contributed by atoms with Crippen molar-refractivity contribution in [3.05, 3.63) is 66.2 Å². The van der Waals surface area contributed by atoms with Crippen molar-refractivity contribution in [3.8, 4) is 0 Å². The van der Waals surface area contributed by atoms with Crippen molar-refractivity contribution < 1.29 is 22.8 Å². The lowest BCUT2D eigenvalue weighted by atomic mass is 9.86. The molecule has 2 aliphatic heterocycles. The summed E-state index contributed by atoms with van der Waals surface area (Å²) >= 11 is 0. The van der Waals surface area contributed by atoms with Gasteiger partial charge in [-0.3, -0.25) is 4.79 Å². The van der Waals surface area contributed by atoms with Crippen molar-refractivity contribution >= 4 is 21.6 Å². The van der Waals surface area contributed by atoms with Gasteiger partial charge in [-0.25, -0.2) is 13.1 Å². The standard InChI is InChI=1S/C21H23N3O5S/c25-20(22-14-16-7-3-1-4-8-16)18-13-21(29-23-18)15-28-12-11-19(21)24-30(26,27)17-9-5-2-6-10-17/h1-10,19,24H,11-15H2,(H,22,25)/t19-,21+/m1/s1. The third-order valence-corrected chi connectivity index (χ3v) is 6.73. The minimum atomic E-state index is -3.74. The number of benzene rings is 2. The first-order chi connectivity index (χ1) is 14.5. The fourth-order valence-electron chi connectivity index (χ4n) is 3.59. The Hall–Kier alpha value is -2.75. The van der Waals surface area contributed by atoms with Crippen molar-refractivity contribution in [2.24, 2.45) is 5.16 Å². The summed E-state index contributed by atoms with van der Waals surface area (Å²) in [4.78, 5) is 18.4. The summed E-state index contributed by atoms with van der Waals surface area (Å²) in [5.41, 5.74) is 0.148. The van der Waals surface area contributed by atoms with Crippen molar-refractivity contribution in [1.82, 2.24) is 10.0 Å². The Kier molecular flexibility index (Phi) is 5.85. The quantitative estimate of drug-likeness (QED) is 0.725. The summed E-state index contributed by atoms with van der Waals surface area (Å²) in [5.74, 6) is -0.342. The number of sulfonamides is 1. The van der Waals surface area contributed by atoms with E-state index in [1.165, 1.54) is 12.1 Å². The molecular weight excluding hydrogens is 406 g/mol. The maximum absolute atomic E-state index is 12.8. The van der Waals surface area contributed by atoms with E-state index in [2.05, 4.69) is 15.2 Å². The first-order valence-electron chi connectivity index (χ1n) is 9.71. The number of nitrogens with one attached hydrogen (secondary N) is 2. The van der Waals surface area contributed by atoms with Gasteiger partial charge in [-0.05, 0) is 24.1 Å². The lowest BCUT2D eigenvalue weighted by Gasteiger charge is -2.38. The van der Waals surface area contributed by atoms with E-state index in [4.69, 9.17) is 9.57 Å². The zero-order valence-corrected chi connectivity index (χ0v) is 17.1. The summed E-state index contributed by atoms with van der Waals surface area (Å²) in [5, 5.41) is 6.79. The number of oxime groups is 1. The lowest BCUT2D eigenvalue weighted by Crippen LogP contribution is -2.58. The van der Waals surface area contributed by atoms with Crippen LogP contribution in [0.4, 0.5) is 0 Å². The van der Waals surface area contributed by atoms with Gasteiger partial charge in [-0.15, -0.1) is 0 Å². The van der Waals surface area contributed by atoms with Gasteiger partial charge in [0.2, 0.25) is 10.0 Å². The molecule has 2 aromatic rings. The maximum Gasteiger partial charge on any atom is 0.269 e. The number of rotatable bonds is 6. The Morgan fingerprint density at radius 2 is 1.80 bits per heavy atom. The fourth-order valence-corrected chi connectivity index (χ4v) is 4.95. The molecule has 0 saturated carbocycles. The van der Waals surface area contributed by atoms with E-state index in [0.717, 1.165) is 5.56 Å². The second-order valence-electron chi connectivity index (χ2n) is 7.37.